The third-order valence-electron chi connectivity index (χ3n) is 6.39. The van der Waals surface area contributed by atoms with Crippen LogP contribution >= 0.6 is 0 Å². The van der Waals surface area contributed by atoms with Gasteiger partial charge in [0.05, 0.1) is 10.4 Å². The molecule has 0 unspecified atom stereocenters. The third-order valence-corrected chi connectivity index (χ3v) is 10.3. The largest absolute Gasteiger partial charge is 0.255 e. The van der Waals surface area contributed by atoms with Crippen molar-refractivity contribution in [3.63, 3.8) is 0 Å². The fraction of sp³-hybridized carbons (Fsp3) is 0.192. The van der Waals surface area contributed by atoms with Crippen molar-refractivity contribution in [1.82, 2.24) is 13.6 Å². The number of nitrogens with zero attached hydrogens (tertiary/aromatic N) is 3. The van der Waals surface area contributed by atoms with Gasteiger partial charge in [0.25, 0.3) is 0 Å². The first-order valence-corrected chi connectivity index (χ1v) is 14.3. The molecule has 1 saturated heterocycles. The van der Waals surface area contributed by atoms with Crippen LogP contribution in [0.5, 0.6) is 0 Å². The number of rotatable bonds is 5. The number of para-hydroxylation sites is 1. The van der Waals surface area contributed by atoms with Crippen molar-refractivity contribution in [1.29, 1.82) is 0 Å². The average molecular weight is 526 g/mol. The monoisotopic (exact) mass is 525 g/mol. The van der Waals surface area contributed by atoms with E-state index in [0.717, 1.165) is 0 Å². The summed E-state index contributed by atoms with van der Waals surface area (Å²) < 4.78 is 70.4. The van der Waals surface area contributed by atoms with Crippen LogP contribution in [0.1, 0.15) is 5.56 Å². The van der Waals surface area contributed by atoms with Crippen LogP contribution in [0.25, 0.3) is 22.0 Å². The van der Waals surface area contributed by atoms with Gasteiger partial charge < -0.3 is 0 Å². The van der Waals surface area contributed by atoms with Gasteiger partial charge in [0.15, 0.2) is 0 Å². The van der Waals surface area contributed by atoms with Gasteiger partial charge in [-0.05, 0) is 48.4 Å². The lowest BCUT2D eigenvalue weighted by Crippen LogP contribution is -2.50. The van der Waals surface area contributed by atoms with Crippen LogP contribution in [-0.4, -0.2) is 56.6 Å². The Morgan fingerprint density at radius 1 is 0.722 bits per heavy atom. The van der Waals surface area contributed by atoms with E-state index < -0.39 is 25.9 Å². The highest BCUT2D eigenvalue weighted by atomic mass is 32.2. The Balaban J connectivity index is 1.42. The molecule has 1 aliphatic rings. The van der Waals surface area contributed by atoms with E-state index in [1.54, 1.807) is 61.7 Å². The number of aromatic nitrogens is 1. The molecule has 10 heteroatoms. The molecule has 1 aromatic heterocycles. The number of sulfonamides is 2. The second kappa shape index (κ2) is 9.36. The highest BCUT2D eigenvalue weighted by Crippen LogP contribution is 2.33. The Morgan fingerprint density at radius 3 is 2.03 bits per heavy atom. The van der Waals surface area contributed by atoms with E-state index in [-0.39, 0.29) is 36.0 Å². The van der Waals surface area contributed by atoms with E-state index in [1.807, 2.05) is 0 Å². The normalized spacial score (nSPS) is 15.8. The van der Waals surface area contributed by atoms with E-state index in [1.165, 1.54) is 32.9 Å². The van der Waals surface area contributed by atoms with Crippen LogP contribution in [0.3, 0.4) is 0 Å². The van der Waals surface area contributed by atoms with E-state index >= 15 is 0 Å². The molecule has 2 heterocycles. The zero-order valence-electron chi connectivity index (χ0n) is 19.5. The number of piperazine rings is 1. The van der Waals surface area contributed by atoms with E-state index in [0.29, 0.717) is 27.6 Å². The lowest BCUT2D eigenvalue weighted by Gasteiger charge is -2.33. The van der Waals surface area contributed by atoms with Gasteiger partial charge in [-0.2, -0.15) is 8.61 Å². The van der Waals surface area contributed by atoms with Crippen molar-refractivity contribution < 1.29 is 21.2 Å². The zero-order chi connectivity index (χ0) is 25.5. The number of benzene rings is 3. The van der Waals surface area contributed by atoms with E-state index in [2.05, 4.69) is 4.98 Å². The first kappa shape index (κ1) is 24.5. The fourth-order valence-corrected chi connectivity index (χ4v) is 7.77. The summed E-state index contributed by atoms with van der Waals surface area (Å²) in [5.41, 5.74) is 2.11. The summed E-state index contributed by atoms with van der Waals surface area (Å²) in [7, 11) is -7.80. The van der Waals surface area contributed by atoms with Crippen molar-refractivity contribution in [3.05, 3.63) is 90.4 Å². The number of fused-ring (bicyclic) bond motifs is 1. The number of halogens is 1. The smallest absolute Gasteiger partial charge is 0.245 e. The lowest BCUT2D eigenvalue weighted by atomic mass is 10.0. The summed E-state index contributed by atoms with van der Waals surface area (Å²) in [4.78, 5) is 4.46. The SMILES string of the molecule is Cc1cc(F)ccc1-c1ccccc1S(=O)(=O)N1CCN(S(=O)(=O)c2cccc3cccnc23)CC1. The number of hydrogen-bond acceptors (Lipinski definition) is 5. The molecule has 0 spiro atoms. The summed E-state index contributed by atoms with van der Waals surface area (Å²) in [6.45, 7) is 1.78. The quantitative estimate of drug-likeness (QED) is 0.392. The summed E-state index contributed by atoms with van der Waals surface area (Å²) in [6.07, 6.45) is 1.55. The maximum atomic E-state index is 13.6. The molecule has 1 fully saturated rings. The highest BCUT2D eigenvalue weighted by molar-refractivity contribution is 7.89. The summed E-state index contributed by atoms with van der Waals surface area (Å²) >= 11 is 0. The van der Waals surface area contributed by atoms with Crippen LogP contribution in [0.2, 0.25) is 0 Å². The molecule has 3 aromatic carbocycles. The first-order chi connectivity index (χ1) is 17.2. The van der Waals surface area contributed by atoms with Crippen molar-refractivity contribution in [2.45, 2.75) is 16.7 Å². The molecule has 0 saturated carbocycles. The third kappa shape index (κ3) is 4.30. The Bertz CT molecular complexity index is 1660. The van der Waals surface area contributed by atoms with Gasteiger partial charge in [-0.25, -0.2) is 21.2 Å². The summed E-state index contributed by atoms with van der Waals surface area (Å²) in [6, 6.07) is 19.4. The molecule has 0 aliphatic carbocycles. The number of aryl methyl sites for hydroxylation is 1. The Kier molecular flexibility index (Phi) is 6.37. The average Bonchev–Trinajstić information content (AvgIpc) is 2.88. The minimum Gasteiger partial charge on any atom is -0.255 e. The van der Waals surface area contributed by atoms with Crippen molar-refractivity contribution in [2.24, 2.45) is 0 Å². The maximum absolute atomic E-state index is 13.6. The molecule has 186 valence electrons. The molecular weight excluding hydrogens is 501 g/mol. The first-order valence-electron chi connectivity index (χ1n) is 11.4. The molecule has 7 nitrogen and oxygen atoms in total. The van der Waals surface area contributed by atoms with E-state index in [9.17, 15) is 21.2 Å². The van der Waals surface area contributed by atoms with Gasteiger partial charge in [-0.3, -0.25) is 4.98 Å². The van der Waals surface area contributed by atoms with Crippen LogP contribution in [0.4, 0.5) is 4.39 Å². The predicted molar refractivity (Wildman–Crippen MR) is 136 cm³/mol. The van der Waals surface area contributed by atoms with Crippen LogP contribution in [0.15, 0.2) is 88.8 Å². The summed E-state index contributed by atoms with van der Waals surface area (Å²) in [5.74, 6) is -0.393. The van der Waals surface area contributed by atoms with Crippen LogP contribution in [0, 0.1) is 12.7 Å². The van der Waals surface area contributed by atoms with E-state index in [4.69, 9.17) is 0 Å². The van der Waals surface area contributed by atoms with Gasteiger partial charge in [0.1, 0.15) is 10.7 Å². The second-order valence-corrected chi connectivity index (χ2v) is 12.4. The maximum Gasteiger partial charge on any atom is 0.245 e. The molecule has 1 aliphatic heterocycles. The fourth-order valence-electron chi connectivity index (χ4n) is 4.56. The molecule has 4 aromatic rings. The standard InChI is InChI=1S/C26H24FN3O4S2/c1-19-18-21(27)11-12-22(19)23-8-2-3-9-24(23)35(31,32)29-14-16-30(17-15-29)36(33,34)25-10-4-6-20-7-5-13-28-26(20)25/h2-13,18H,14-17H2,1H3. The zero-order valence-corrected chi connectivity index (χ0v) is 21.1. The molecule has 0 N–H and O–H groups in total. The Morgan fingerprint density at radius 2 is 1.33 bits per heavy atom. The number of pyridine rings is 1. The lowest BCUT2D eigenvalue weighted by molar-refractivity contribution is 0.273. The predicted octanol–water partition coefficient (Wildman–Crippen LogP) is 4.04. The van der Waals surface area contributed by atoms with Crippen LogP contribution < -0.4 is 0 Å². The minimum absolute atomic E-state index is 0.0104. The highest BCUT2D eigenvalue weighted by Gasteiger charge is 2.35. The Labute approximate surface area is 209 Å². The topological polar surface area (TPSA) is 87.7 Å². The van der Waals surface area contributed by atoms with Gasteiger partial charge in [0.2, 0.25) is 20.0 Å². The second-order valence-electron chi connectivity index (χ2n) is 8.59. The molecule has 0 radical (unpaired) electrons. The Hall–Kier alpha value is -3.18. The van der Waals surface area contributed by atoms with Gasteiger partial charge in [-0.1, -0.05) is 42.5 Å². The summed E-state index contributed by atoms with van der Waals surface area (Å²) in [5, 5.41) is 0.715. The molecular formula is C26H24FN3O4S2. The molecule has 5 rings (SSSR count). The van der Waals surface area contributed by atoms with Crippen LogP contribution in [-0.2, 0) is 20.0 Å². The minimum atomic E-state index is -3.93. The molecule has 36 heavy (non-hydrogen) atoms. The van der Waals surface area contributed by atoms with Gasteiger partial charge >= 0.3 is 0 Å². The van der Waals surface area contributed by atoms with Gasteiger partial charge in [-0.15, -0.1) is 0 Å². The van der Waals surface area contributed by atoms with Crippen molar-refractivity contribution >= 4 is 30.9 Å². The number of hydrogen-bond donors (Lipinski definition) is 0. The molecule has 0 amide bonds. The van der Waals surface area contributed by atoms with Gasteiger partial charge in [0, 0.05) is 43.3 Å². The molecule has 0 bridgehead atoms. The van der Waals surface area contributed by atoms with Crippen molar-refractivity contribution in [2.75, 3.05) is 26.2 Å². The molecule has 0 atom stereocenters. The van der Waals surface area contributed by atoms with Crippen molar-refractivity contribution in [3.8, 4) is 11.1 Å².